The molecule has 2 N–H and O–H groups in total. The molecule has 0 spiro atoms. The molecule has 0 bridgehead atoms. The van der Waals surface area contributed by atoms with Gasteiger partial charge in [0.05, 0.1) is 5.60 Å². The third kappa shape index (κ3) is 2.60. The first-order valence-electron chi connectivity index (χ1n) is 12.0. The Kier molecular flexibility index (Phi) is 4.55. The maximum Gasteiger partial charge on any atom is 0.303 e. The summed E-state index contributed by atoms with van der Waals surface area (Å²) in [5.41, 5.74) is 0.526. The third-order valence-electron chi connectivity index (χ3n) is 10.2. The van der Waals surface area contributed by atoms with Crippen molar-refractivity contribution in [2.24, 2.45) is 46.8 Å². The van der Waals surface area contributed by atoms with Crippen LogP contribution in [-0.4, -0.2) is 27.6 Å². The molecule has 4 saturated carbocycles. The van der Waals surface area contributed by atoms with Gasteiger partial charge in [-0.05, 0) is 92.4 Å². The van der Waals surface area contributed by atoms with Gasteiger partial charge in [-0.25, -0.2) is 0 Å². The normalized spacial score (nSPS) is 50.1. The first-order chi connectivity index (χ1) is 13.9. The Morgan fingerprint density at radius 2 is 2.03 bits per heavy atom. The summed E-state index contributed by atoms with van der Waals surface area (Å²) in [6.07, 6.45) is 10.6. The van der Waals surface area contributed by atoms with Crippen LogP contribution in [-0.2, 0) is 9.59 Å². The topological polar surface area (TPSA) is 74.6 Å². The van der Waals surface area contributed by atoms with Crippen LogP contribution in [0.3, 0.4) is 0 Å². The summed E-state index contributed by atoms with van der Waals surface area (Å²) >= 11 is 0. The van der Waals surface area contributed by atoms with E-state index in [-0.39, 0.29) is 11.8 Å². The zero-order valence-corrected chi connectivity index (χ0v) is 17.9. The van der Waals surface area contributed by atoms with Crippen LogP contribution in [0, 0.1) is 46.8 Å². The highest BCUT2D eigenvalue weighted by atomic mass is 16.4. The van der Waals surface area contributed by atoms with Crippen molar-refractivity contribution in [3.8, 4) is 0 Å². The average Bonchev–Trinajstić information content (AvgIpc) is 3.47. The monoisotopic (exact) mass is 400 g/mol. The minimum absolute atomic E-state index is 0.0805. The van der Waals surface area contributed by atoms with Crippen LogP contribution in [0.4, 0.5) is 0 Å². The Hall–Kier alpha value is -1.16. The lowest BCUT2D eigenvalue weighted by Crippen LogP contribution is -2.58. The van der Waals surface area contributed by atoms with Gasteiger partial charge in [-0.1, -0.05) is 25.8 Å². The number of rotatable bonds is 5. The summed E-state index contributed by atoms with van der Waals surface area (Å²) in [6.45, 7) is 4.53. The first-order valence-corrected chi connectivity index (χ1v) is 12.0. The van der Waals surface area contributed by atoms with E-state index in [1.165, 1.54) is 5.57 Å². The third-order valence-corrected chi connectivity index (χ3v) is 10.2. The Morgan fingerprint density at radius 1 is 1.24 bits per heavy atom. The van der Waals surface area contributed by atoms with Crippen LogP contribution < -0.4 is 0 Å². The average molecular weight is 401 g/mol. The molecule has 9 atom stereocenters. The van der Waals surface area contributed by atoms with Gasteiger partial charge in [0.1, 0.15) is 0 Å². The molecule has 0 aromatic heterocycles. The standard InChI is InChI=1S/C25H36O4/c1-3-14-11-15-12-16(26)5-6-17(15)18-7-9-24(4-2)23(22(14)18)19-13-20(19)25(24,29)10-8-21(27)28/h12,14,17-20,22-23,29H,3-11,13H2,1-2H3,(H,27,28)/t14-,17-,18+,19-,20+,22+,23-,24-,25-/m0/s1. The number of ketones is 1. The summed E-state index contributed by atoms with van der Waals surface area (Å²) in [6, 6.07) is 0. The second kappa shape index (κ2) is 6.67. The van der Waals surface area contributed by atoms with Crippen LogP contribution in [0.15, 0.2) is 11.6 Å². The molecule has 160 valence electrons. The van der Waals surface area contributed by atoms with Gasteiger partial charge in [-0.15, -0.1) is 0 Å². The maximum atomic E-state index is 12.1. The van der Waals surface area contributed by atoms with E-state index >= 15 is 0 Å². The fourth-order valence-corrected chi connectivity index (χ4v) is 9.13. The van der Waals surface area contributed by atoms with Crippen molar-refractivity contribution in [1.29, 1.82) is 0 Å². The first kappa shape index (κ1) is 19.8. The summed E-state index contributed by atoms with van der Waals surface area (Å²) in [7, 11) is 0. The van der Waals surface area contributed by atoms with Gasteiger partial charge in [0.2, 0.25) is 0 Å². The van der Waals surface area contributed by atoms with Crippen LogP contribution >= 0.6 is 0 Å². The van der Waals surface area contributed by atoms with Gasteiger partial charge >= 0.3 is 5.97 Å². The zero-order chi connectivity index (χ0) is 20.6. The van der Waals surface area contributed by atoms with Gasteiger partial charge in [0, 0.05) is 18.3 Å². The van der Waals surface area contributed by atoms with Crippen molar-refractivity contribution in [2.75, 3.05) is 0 Å². The van der Waals surface area contributed by atoms with Gasteiger partial charge < -0.3 is 10.2 Å². The molecular weight excluding hydrogens is 364 g/mol. The summed E-state index contributed by atoms with van der Waals surface area (Å²) in [4.78, 5) is 23.4. The predicted octanol–water partition coefficient (Wildman–Crippen LogP) is 4.61. The Labute approximate surface area is 174 Å². The highest BCUT2D eigenvalue weighted by Gasteiger charge is 2.76. The molecule has 4 nitrogen and oxygen atoms in total. The van der Waals surface area contributed by atoms with Gasteiger partial charge in [-0.3, -0.25) is 9.59 Å². The fraction of sp³-hybridized carbons (Fsp3) is 0.840. The lowest BCUT2D eigenvalue weighted by atomic mass is 9.45. The molecule has 0 radical (unpaired) electrons. The lowest BCUT2D eigenvalue weighted by Gasteiger charge is -2.60. The van der Waals surface area contributed by atoms with Gasteiger partial charge in [-0.2, -0.15) is 0 Å². The number of hydrogen-bond acceptors (Lipinski definition) is 3. The number of aliphatic carboxylic acids is 1. The Morgan fingerprint density at radius 3 is 2.72 bits per heavy atom. The number of carbonyl (C=O) groups excluding carboxylic acids is 1. The van der Waals surface area contributed by atoms with Crippen molar-refractivity contribution >= 4 is 11.8 Å². The van der Waals surface area contributed by atoms with E-state index in [2.05, 4.69) is 13.8 Å². The molecule has 0 saturated heterocycles. The second-order valence-electron chi connectivity index (χ2n) is 10.8. The van der Waals surface area contributed by atoms with Crippen LogP contribution in [0.25, 0.3) is 0 Å². The highest BCUT2D eigenvalue weighted by molar-refractivity contribution is 5.91. The van der Waals surface area contributed by atoms with Crippen molar-refractivity contribution in [3.05, 3.63) is 11.6 Å². The Balaban J connectivity index is 1.52. The minimum atomic E-state index is -0.794. The van der Waals surface area contributed by atoms with Crippen molar-refractivity contribution in [1.82, 2.24) is 0 Å². The molecule has 5 aliphatic carbocycles. The van der Waals surface area contributed by atoms with Crippen LogP contribution in [0.2, 0.25) is 0 Å². The maximum absolute atomic E-state index is 12.1. The SMILES string of the molecule is CC[C@H]1CC2=CC(=O)CC[C@@H]2[C@H]2CC[C@@]3(CC)[C@@H]([C@H]4C[C@H]4[C@@]3(O)CCC(=O)O)[C@H]12. The molecule has 0 aromatic carbocycles. The Bertz CT molecular complexity index is 756. The number of hydrogen-bond donors (Lipinski definition) is 2. The smallest absolute Gasteiger partial charge is 0.303 e. The molecule has 4 fully saturated rings. The molecular formula is C25H36O4. The molecule has 5 aliphatic rings. The van der Waals surface area contributed by atoms with Crippen molar-refractivity contribution in [2.45, 2.75) is 83.7 Å². The number of fused-ring (bicyclic) bond motifs is 7. The fourth-order valence-electron chi connectivity index (χ4n) is 9.13. The van der Waals surface area contributed by atoms with E-state index in [0.29, 0.717) is 60.1 Å². The zero-order valence-electron chi connectivity index (χ0n) is 17.9. The summed E-state index contributed by atoms with van der Waals surface area (Å²) in [5, 5.41) is 21.3. The number of allylic oxidation sites excluding steroid dienone is 1. The van der Waals surface area contributed by atoms with E-state index < -0.39 is 11.6 Å². The van der Waals surface area contributed by atoms with Crippen molar-refractivity contribution < 1.29 is 19.8 Å². The summed E-state index contributed by atoms with van der Waals surface area (Å²) < 4.78 is 0. The number of aliphatic hydroxyl groups is 1. The van der Waals surface area contributed by atoms with E-state index in [1.54, 1.807) is 0 Å². The summed E-state index contributed by atoms with van der Waals surface area (Å²) in [5.74, 6) is 3.43. The molecule has 4 heteroatoms. The molecule has 0 amide bonds. The van der Waals surface area contributed by atoms with E-state index in [0.717, 1.165) is 44.9 Å². The van der Waals surface area contributed by atoms with Crippen molar-refractivity contribution in [3.63, 3.8) is 0 Å². The molecule has 29 heavy (non-hydrogen) atoms. The lowest BCUT2D eigenvalue weighted by molar-refractivity contribution is -0.168. The predicted molar refractivity (Wildman–Crippen MR) is 110 cm³/mol. The van der Waals surface area contributed by atoms with Crippen LogP contribution in [0.1, 0.15) is 78.1 Å². The largest absolute Gasteiger partial charge is 0.481 e. The molecule has 0 heterocycles. The minimum Gasteiger partial charge on any atom is -0.481 e. The van der Waals surface area contributed by atoms with Gasteiger partial charge in [0.25, 0.3) is 0 Å². The number of carboxylic acid groups (broad SMARTS) is 1. The van der Waals surface area contributed by atoms with Gasteiger partial charge in [0.15, 0.2) is 5.78 Å². The number of carboxylic acids is 1. The molecule has 0 aromatic rings. The molecule has 5 rings (SSSR count). The quantitative estimate of drug-likeness (QED) is 0.707. The molecule has 0 unspecified atom stereocenters. The van der Waals surface area contributed by atoms with E-state index in [9.17, 15) is 19.8 Å². The van der Waals surface area contributed by atoms with E-state index in [4.69, 9.17) is 0 Å². The van der Waals surface area contributed by atoms with E-state index in [1.807, 2.05) is 6.08 Å². The molecule has 0 aliphatic heterocycles. The highest BCUT2D eigenvalue weighted by Crippen LogP contribution is 2.78. The number of carbonyl (C=O) groups is 2. The van der Waals surface area contributed by atoms with Crippen LogP contribution in [0.5, 0.6) is 0 Å². The second-order valence-corrected chi connectivity index (χ2v) is 10.8.